The van der Waals surface area contributed by atoms with E-state index >= 15 is 0 Å². The van der Waals surface area contributed by atoms with Gasteiger partial charge in [0, 0.05) is 18.8 Å². The fourth-order valence-corrected chi connectivity index (χ4v) is 5.41. The molecule has 3 rings (SSSR count). The standard InChI is InChI=1S/C20H30N2S/c1-15-12-16(2)19(17(3)13-15)20-22(18(4)14-23-20)11-10-21-8-6-5-7-9-21/h12-14,20H,5-11H2,1-4H3. The first-order valence-electron chi connectivity index (χ1n) is 8.95. The Balaban J connectivity index is 1.74. The Morgan fingerprint density at radius 2 is 1.61 bits per heavy atom. The lowest BCUT2D eigenvalue weighted by atomic mass is 9.99. The molecule has 1 atom stereocenters. The van der Waals surface area contributed by atoms with Gasteiger partial charge in [-0.15, -0.1) is 11.8 Å². The summed E-state index contributed by atoms with van der Waals surface area (Å²) in [5.41, 5.74) is 7.19. The normalized spacial score (nSPS) is 22.5. The molecule has 2 aliphatic rings. The van der Waals surface area contributed by atoms with Gasteiger partial charge in [-0.05, 0) is 75.7 Å². The molecular weight excluding hydrogens is 300 g/mol. The van der Waals surface area contributed by atoms with Crippen LogP contribution < -0.4 is 0 Å². The second-order valence-corrected chi connectivity index (χ2v) is 8.11. The molecule has 0 amide bonds. The highest BCUT2D eigenvalue weighted by Gasteiger charge is 2.28. The maximum atomic E-state index is 2.64. The van der Waals surface area contributed by atoms with Crippen molar-refractivity contribution < 1.29 is 0 Å². The average Bonchev–Trinajstić information content (AvgIpc) is 2.86. The van der Waals surface area contributed by atoms with Crippen molar-refractivity contribution in [3.63, 3.8) is 0 Å². The zero-order chi connectivity index (χ0) is 16.4. The zero-order valence-corrected chi connectivity index (χ0v) is 15.9. The van der Waals surface area contributed by atoms with Crippen molar-refractivity contribution in [3.05, 3.63) is 45.5 Å². The van der Waals surface area contributed by atoms with E-state index in [0.717, 1.165) is 6.54 Å². The first kappa shape index (κ1) is 16.9. The fourth-order valence-electron chi connectivity index (χ4n) is 4.02. The summed E-state index contributed by atoms with van der Waals surface area (Å²) in [7, 11) is 0. The van der Waals surface area contributed by atoms with Crippen LogP contribution in [0.3, 0.4) is 0 Å². The third-order valence-electron chi connectivity index (χ3n) is 5.19. The van der Waals surface area contributed by atoms with Gasteiger partial charge < -0.3 is 9.80 Å². The summed E-state index contributed by atoms with van der Waals surface area (Å²) in [4.78, 5) is 5.26. The highest BCUT2D eigenvalue weighted by Crippen LogP contribution is 2.44. The summed E-state index contributed by atoms with van der Waals surface area (Å²) >= 11 is 1.98. The maximum absolute atomic E-state index is 2.64. The minimum Gasteiger partial charge on any atom is -0.357 e. The van der Waals surface area contributed by atoms with Crippen LogP contribution in [0.1, 0.15) is 53.8 Å². The minimum absolute atomic E-state index is 0.459. The van der Waals surface area contributed by atoms with Crippen LogP contribution in [0.25, 0.3) is 0 Å². The Hall–Kier alpha value is -0.930. The molecule has 1 aromatic rings. The highest BCUT2D eigenvalue weighted by atomic mass is 32.2. The number of piperidine rings is 1. The van der Waals surface area contributed by atoms with Gasteiger partial charge in [0.15, 0.2) is 0 Å². The molecule has 2 aliphatic heterocycles. The second-order valence-electron chi connectivity index (χ2n) is 7.16. The van der Waals surface area contributed by atoms with Crippen LogP contribution in [0.2, 0.25) is 0 Å². The van der Waals surface area contributed by atoms with Crippen molar-refractivity contribution in [2.75, 3.05) is 26.2 Å². The largest absolute Gasteiger partial charge is 0.357 e. The molecule has 0 aromatic heterocycles. The molecule has 3 heteroatoms. The predicted molar refractivity (Wildman–Crippen MR) is 102 cm³/mol. The van der Waals surface area contributed by atoms with E-state index in [0.29, 0.717) is 5.37 Å². The van der Waals surface area contributed by atoms with Crippen LogP contribution in [0.4, 0.5) is 0 Å². The number of hydrogen-bond donors (Lipinski definition) is 0. The predicted octanol–water partition coefficient (Wildman–Crippen LogP) is 5.01. The van der Waals surface area contributed by atoms with E-state index in [2.05, 4.69) is 55.0 Å². The van der Waals surface area contributed by atoms with Gasteiger partial charge in [0.05, 0.1) is 0 Å². The summed E-state index contributed by atoms with van der Waals surface area (Å²) < 4.78 is 0. The molecule has 1 aromatic carbocycles. The van der Waals surface area contributed by atoms with E-state index in [1.165, 1.54) is 66.8 Å². The Bertz CT molecular complexity index is 564. The van der Waals surface area contributed by atoms with Crippen LogP contribution in [0.5, 0.6) is 0 Å². The van der Waals surface area contributed by atoms with E-state index in [-0.39, 0.29) is 0 Å². The van der Waals surface area contributed by atoms with Gasteiger partial charge in [-0.3, -0.25) is 0 Å². The zero-order valence-electron chi connectivity index (χ0n) is 15.1. The van der Waals surface area contributed by atoms with Crippen LogP contribution >= 0.6 is 11.8 Å². The molecule has 0 N–H and O–H groups in total. The van der Waals surface area contributed by atoms with Gasteiger partial charge in [-0.2, -0.15) is 0 Å². The van der Waals surface area contributed by atoms with Crippen molar-refractivity contribution >= 4 is 11.8 Å². The molecule has 1 saturated heterocycles. The lowest BCUT2D eigenvalue weighted by Gasteiger charge is -2.34. The van der Waals surface area contributed by atoms with E-state index in [1.54, 1.807) is 0 Å². The lowest BCUT2D eigenvalue weighted by Crippen LogP contribution is -2.37. The van der Waals surface area contributed by atoms with Crippen molar-refractivity contribution in [1.82, 2.24) is 9.80 Å². The summed E-state index contributed by atoms with van der Waals surface area (Å²) in [6.07, 6.45) is 4.17. The maximum Gasteiger partial charge on any atom is 0.105 e. The number of allylic oxidation sites excluding steroid dienone is 1. The number of aryl methyl sites for hydroxylation is 3. The summed E-state index contributed by atoms with van der Waals surface area (Å²) in [6.45, 7) is 13.9. The first-order chi connectivity index (χ1) is 11.1. The van der Waals surface area contributed by atoms with E-state index < -0.39 is 0 Å². The SMILES string of the molecule is CC1=CSC(c2c(C)cc(C)cc2C)N1CCN1CCCCC1. The Morgan fingerprint density at radius 3 is 2.26 bits per heavy atom. The molecule has 126 valence electrons. The Kier molecular flexibility index (Phi) is 5.38. The van der Waals surface area contributed by atoms with Crippen LogP contribution in [-0.4, -0.2) is 36.0 Å². The molecule has 0 spiro atoms. The molecule has 0 bridgehead atoms. The van der Waals surface area contributed by atoms with Gasteiger partial charge in [0.2, 0.25) is 0 Å². The van der Waals surface area contributed by atoms with Gasteiger partial charge in [0.1, 0.15) is 5.37 Å². The summed E-state index contributed by atoms with van der Waals surface area (Å²) in [6, 6.07) is 4.67. The quantitative estimate of drug-likeness (QED) is 0.766. The van der Waals surface area contributed by atoms with Crippen LogP contribution in [-0.2, 0) is 0 Å². The second kappa shape index (κ2) is 7.31. The van der Waals surface area contributed by atoms with Crippen molar-refractivity contribution in [2.24, 2.45) is 0 Å². The van der Waals surface area contributed by atoms with Gasteiger partial charge >= 0.3 is 0 Å². The molecule has 2 heterocycles. The monoisotopic (exact) mass is 330 g/mol. The number of thioether (sulfide) groups is 1. The number of hydrogen-bond acceptors (Lipinski definition) is 3. The Morgan fingerprint density at radius 1 is 0.957 bits per heavy atom. The summed E-state index contributed by atoms with van der Waals surface area (Å²) in [5, 5.41) is 2.81. The molecule has 0 aliphatic carbocycles. The van der Waals surface area contributed by atoms with Crippen LogP contribution in [0, 0.1) is 20.8 Å². The molecule has 0 saturated carbocycles. The van der Waals surface area contributed by atoms with Crippen molar-refractivity contribution in [3.8, 4) is 0 Å². The highest BCUT2D eigenvalue weighted by molar-refractivity contribution is 8.02. The fraction of sp³-hybridized carbons (Fsp3) is 0.600. The van der Waals surface area contributed by atoms with Gasteiger partial charge in [0.25, 0.3) is 0 Å². The Labute approximate surface area is 145 Å². The molecule has 1 unspecified atom stereocenters. The smallest absolute Gasteiger partial charge is 0.105 e. The number of nitrogens with zero attached hydrogens (tertiary/aromatic N) is 2. The van der Waals surface area contributed by atoms with Crippen molar-refractivity contribution in [1.29, 1.82) is 0 Å². The van der Waals surface area contributed by atoms with Crippen molar-refractivity contribution in [2.45, 2.75) is 52.3 Å². The lowest BCUT2D eigenvalue weighted by molar-refractivity contribution is 0.196. The van der Waals surface area contributed by atoms with E-state index in [4.69, 9.17) is 0 Å². The number of rotatable bonds is 4. The third kappa shape index (κ3) is 3.77. The first-order valence-corrected chi connectivity index (χ1v) is 9.89. The molecule has 2 nitrogen and oxygen atoms in total. The molecular formula is C20H30N2S. The topological polar surface area (TPSA) is 6.48 Å². The molecule has 0 radical (unpaired) electrons. The molecule has 23 heavy (non-hydrogen) atoms. The summed E-state index contributed by atoms with van der Waals surface area (Å²) in [5.74, 6) is 0. The average molecular weight is 331 g/mol. The number of benzene rings is 1. The van der Waals surface area contributed by atoms with E-state index in [9.17, 15) is 0 Å². The number of likely N-dealkylation sites (tertiary alicyclic amines) is 1. The minimum atomic E-state index is 0.459. The third-order valence-corrected chi connectivity index (χ3v) is 6.42. The van der Waals surface area contributed by atoms with Gasteiger partial charge in [-0.1, -0.05) is 24.1 Å². The molecule has 1 fully saturated rings. The van der Waals surface area contributed by atoms with Crippen LogP contribution in [0.15, 0.2) is 23.2 Å². The van der Waals surface area contributed by atoms with Gasteiger partial charge in [-0.25, -0.2) is 0 Å². The van der Waals surface area contributed by atoms with E-state index in [1.807, 2.05) is 11.8 Å².